The molecule has 1 saturated heterocycles. The lowest BCUT2D eigenvalue weighted by molar-refractivity contribution is -0.148. The summed E-state index contributed by atoms with van der Waals surface area (Å²) in [6, 6.07) is 10.4. The van der Waals surface area contributed by atoms with E-state index in [9.17, 15) is 4.79 Å². The van der Waals surface area contributed by atoms with Gasteiger partial charge in [-0.25, -0.2) is 0 Å². The number of hydrogen-bond donors (Lipinski definition) is 0. The third-order valence-electron chi connectivity index (χ3n) is 3.53. The minimum atomic E-state index is -0.0411. The molecule has 0 bridgehead atoms. The second-order valence-electron chi connectivity index (χ2n) is 5.02. The van der Waals surface area contributed by atoms with Crippen LogP contribution in [0.4, 0.5) is 0 Å². The van der Waals surface area contributed by atoms with Crippen molar-refractivity contribution >= 4 is 5.97 Å². The SMILES string of the molecule is CCOC(=O)[C@@H]1CN(Cc2ccccc2)C[C@@H]1C. The van der Waals surface area contributed by atoms with Gasteiger partial charge >= 0.3 is 5.97 Å². The second-order valence-corrected chi connectivity index (χ2v) is 5.02. The Labute approximate surface area is 109 Å². The van der Waals surface area contributed by atoms with Gasteiger partial charge in [0.25, 0.3) is 0 Å². The summed E-state index contributed by atoms with van der Waals surface area (Å²) in [6.45, 7) is 7.17. The Morgan fingerprint density at radius 3 is 2.72 bits per heavy atom. The second kappa shape index (κ2) is 6.01. The lowest BCUT2D eigenvalue weighted by Crippen LogP contribution is -2.25. The molecule has 0 saturated carbocycles. The quantitative estimate of drug-likeness (QED) is 0.765. The van der Waals surface area contributed by atoms with Gasteiger partial charge in [-0.15, -0.1) is 0 Å². The smallest absolute Gasteiger partial charge is 0.310 e. The Bertz CT molecular complexity index is 391. The molecule has 0 aliphatic carbocycles. The molecule has 3 heteroatoms. The first-order chi connectivity index (χ1) is 8.70. The van der Waals surface area contributed by atoms with Gasteiger partial charge in [0, 0.05) is 19.6 Å². The Balaban J connectivity index is 1.92. The zero-order valence-electron chi connectivity index (χ0n) is 11.1. The number of nitrogens with zero attached hydrogens (tertiary/aromatic N) is 1. The standard InChI is InChI=1S/C15H21NO2/c1-3-18-15(17)14-11-16(9-12(14)2)10-13-7-5-4-6-8-13/h4-8,12,14H,3,9-11H2,1-2H3/t12-,14+/m0/s1. The number of ether oxygens (including phenoxy) is 1. The summed E-state index contributed by atoms with van der Waals surface area (Å²) in [5, 5.41) is 0. The van der Waals surface area contributed by atoms with Gasteiger partial charge < -0.3 is 4.74 Å². The molecule has 2 atom stereocenters. The molecule has 1 heterocycles. The van der Waals surface area contributed by atoms with Crippen LogP contribution in [0.15, 0.2) is 30.3 Å². The van der Waals surface area contributed by atoms with Crippen molar-refractivity contribution < 1.29 is 9.53 Å². The fourth-order valence-electron chi connectivity index (χ4n) is 2.59. The summed E-state index contributed by atoms with van der Waals surface area (Å²) in [7, 11) is 0. The highest BCUT2D eigenvalue weighted by molar-refractivity contribution is 5.73. The van der Waals surface area contributed by atoms with Crippen LogP contribution in [0.1, 0.15) is 19.4 Å². The zero-order chi connectivity index (χ0) is 13.0. The zero-order valence-corrected chi connectivity index (χ0v) is 11.1. The van der Waals surface area contributed by atoms with Gasteiger partial charge in [-0.1, -0.05) is 37.3 Å². The molecule has 0 unspecified atom stereocenters. The Morgan fingerprint density at radius 1 is 1.33 bits per heavy atom. The predicted molar refractivity (Wildman–Crippen MR) is 71.0 cm³/mol. The first kappa shape index (κ1) is 13.1. The topological polar surface area (TPSA) is 29.5 Å². The largest absolute Gasteiger partial charge is 0.466 e. The lowest BCUT2D eigenvalue weighted by atomic mass is 9.99. The van der Waals surface area contributed by atoms with Crippen molar-refractivity contribution in [3.63, 3.8) is 0 Å². The number of hydrogen-bond acceptors (Lipinski definition) is 3. The van der Waals surface area contributed by atoms with E-state index < -0.39 is 0 Å². The summed E-state index contributed by atoms with van der Waals surface area (Å²) >= 11 is 0. The van der Waals surface area contributed by atoms with Crippen LogP contribution in [0.2, 0.25) is 0 Å². The Morgan fingerprint density at radius 2 is 2.06 bits per heavy atom. The van der Waals surface area contributed by atoms with Gasteiger partial charge in [-0.2, -0.15) is 0 Å². The molecule has 3 nitrogen and oxygen atoms in total. The van der Waals surface area contributed by atoms with E-state index in [2.05, 4.69) is 36.1 Å². The molecule has 1 fully saturated rings. The van der Waals surface area contributed by atoms with Crippen LogP contribution >= 0.6 is 0 Å². The van der Waals surface area contributed by atoms with Crippen molar-refractivity contribution in [1.29, 1.82) is 0 Å². The van der Waals surface area contributed by atoms with E-state index in [1.165, 1.54) is 5.56 Å². The third kappa shape index (κ3) is 3.10. The molecule has 1 aliphatic rings. The number of rotatable bonds is 4. The summed E-state index contributed by atoms with van der Waals surface area (Å²) in [4.78, 5) is 14.1. The van der Waals surface area contributed by atoms with E-state index in [1.807, 2.05) is 13.0 Å². The number of carbonyl (C=O) groups is 1. The van der Waals surface area contributed by atoms with E-state index >= 15 is 0 Å². The fraction of sp³-hybridized carbons (Fsp3) is 0.533. The summed E-state index contributed by atoms with van der Waals surface area (Å²) in [5.74, 6) is 0.377. The van der Waals surface area contributed by atoms with Crippen molar-refractivity contribution in [3.8, 4) is 0 Å². The molecule has 0 aromatic heterocycles. The molecular formula is C15H21NO2. The lowest BCUT2D eigenvalue weighted by Gasteiger charge is -2.15. The van der Waals surface area contributed by atoms with E-state index in [-0.39, 0.29) is 11.9 Å². The summed E-state index contributed by atoms with van der Waals surface area (Å²) in [5.41, 5.74) is 1.30. The van der Waals surface area contributed by atoms with E-state index in [4.69, 9.17) is 4.74 Å². The highest BCUT2D eigenvalue weighted by atomic mass is 16.5. The highest BCUT2D eigenvalue weighted by Gasteiger charge is 2.35. The van der Waals surface area contributed by atoms with Crippen LogP contribution in [-0.2, 0) is 16.1 Å². The molecule has 98 valence electrons. The van der Waals surface area contributed by atoms with Crippen molar-refractivity contribution in [2.24, 2.45) is 11.8 Å². The molecule has 1 aromatic rings. The van der Waals surface area contributed by atoms with Gasteiger partial charge in [-0.3, -0.25) is 9.69 Å². The highest BCUT2D eigenvalue weighted by Crippen LogP contribution is 2.25. The van der Waals surface area contributed by atoms with Crippen molar-refractivity contribution in [1.82, 2.24) is 4.90 Å². The van der Waals surface area contributed by atoms with Crippen molar-refractivity contribution in [3.05, 3.63) is 35.9 Å². The molecule has 0 radical (unpaired) electrons. The molecule has 2 rings (SSSR count). The average Bonchev–Trinajstić information content (AvgIpc) is 2.72. The third-order valence-corrected chi connectivity index (χ3v) is 3.53. The van der Waals surface area contributed by atoms with Gasteiger partial charge in [0.1, 0.15) is 0 Å². The van der Waals surface area contributed by atoms with E-state index in [0.717, 1.165) is 19.6 Å². The summed E-state index contributed by atoms with van der Waals surface area (Å²) in [6.07, 6.45) is 0. The van der Waals surface area contributed by atoms with Crippen molar-refractivity contribution in [2.45, 2.75) is 20.4 Å². The Kier molecular flexibility index (Phi) is 4.37. The molecule has 0 spiro atoms. The minimum absolute atomic E-state index is 0.0358. The van der Waals surface area contributed by atoms with E-state index in [1.54, 1.807) is 0 Å². The number of benzene rings is 1. The molecule has 0 amide bonds. The summed E-state index contributed by atoms with van der Waals surface area (Å²) < 4.78 is 5.13. The van der Waals surface area contributed by atoms with Crippen LogP contribution < -0.4 is 0 Å². The van der Waals surface area contributed by atoms with Crippen LogP contribution in [0.25, 0.3) is 0 Å². The maximum atomic E-state index is 11.8. The van der Waals surface area contributed by atoms with Crippen LogP contribution in [0.3, 0.4) is 0 Å². The first-order valence-corrected chi connectivity index (χ1v) is 6.63. The predicted octanol–water partition coefficient (Wildman–Crippen LogP) is 2.32. The number of esters is 1. The van der Waals surface area contributed by atoms with E-state index in [0.29, 0.717) is 12.5 Å². The number of carbonyl (C=O) groups excluding carboxylic acids is 1. The molecule has 18 heavy (non-hydrogen) atoms. The average molecular weight is 247 g/mol. The molecule has 1 aliphatic heterocycles. The maximum absolute atomic E-state index is 11.8. The van der Waals surface area contributed by atoms with Gasteiger partial charge in [0.05, 0.1) is 12.5 Å². The first-order valence-electron chi connectivity index (χ1n) is 6.63. The normalized spacial score (nSPS) is 24.1. The van der Waals surface area contributed by atoms with Gasteiger partial charge in [0.15, 0.2) is 0 Å². The van der Waals surface area contributed by atoms with Crippen molar-refractivity contribution in [2.75, 3.05) is 19.7 Å². The minimum Gasteiger partial charge on any atom is -0.466 e. The fourth-order valence-corrected chi connectivity index (χ4v) is 2.59. The number of likely N-dealkylation sites (tertiary alicyclic amines) is 1. The van der Waals surface area contributed by atoms with Gasteiger partial charge in [-0.05, 0) is 18.4 Å². The van der Waals surface area contributed by atoms with Crippen LogP contribution in [-0.4, -0.2) is 30.6 Å². The van der Waals surface area contributed by atoms with Gasteiger partial charge in [0.2, 0.25) is 0 Å². The molecule has 0 N–H and O–H groups in total. The van der Waals surface area contributed by atoms with Crippen LogP contribution in [0.5, 0.6) is 0 Å². The maximum Gasteiger partial charge on any atom is 0.310 e. The molecular weight excluding hydrogens is 226 g/mol. The van der Waals surface area contributed by atoms with Crippen LogP contribution in [0, 0.1) is 11.8 Å². The molecule has 1 aromatic carbocycles. The Hall–Kier alpha value is -1.35. The monoisotopic (exact) mass is 247 g/mol.